The van der Waals surface area contributed by atoms with Crippen LogP contribution in [0.1, 0.15) is 32.7 Å². The molecular formula is C31H29BrF3N5O5. The Kier molecular flexibility index (Phi) is 9.16. The van der Waals surface area contributed by atoms with Crippen LogP contribution in [0.5, 0.6) is 17.2 Å². The summed E-state index contributed by atoms with van der Waals surface area (Å²) < 4.78 is 53.3. The van der Waals surface area contributed by atoms with Gasteiger partial charge in [-0.15, -0.1) is 0 Å². The molecule has 14 heteroatoms. The van der Waals surface area contributed by atoms with Crippen LogP contribution in [0.4, 0.5) is 13.2 Å². The lowest BCUT2D eigenvalue weighted by molar-refractivity contribution is -0.138. The monoisotopic (exact) mass is 687 g/mol. The van der Waals surface area contributed by atoms with E-state index in [0.29, 0.717) is 51.6 Å². The minimum Gasteiger partial charge on any atom is -0.496 e. The van der Waals surface area contributed by atoms with Crippen LogP contribution in [0, 0.1) is 13.8 Å². The number of amides is 1. The highest BCUT2D eigenvalue weighted by molar-refractivity contribution is 9.10. The molecule has 1 N–H and O–H groups in total. The molecule has 0 bridgehead atoms. The van der Waals surface area contributed by atoms with Crippen LogP contribution in [-0.2, 0) is 12.7 Å². The van der Waals surface area contributed by atoms with Crippen molar-refractivity contribution in [2.75, 3.05) is 33.3 Å². The number of alkyl halides is 3. The molecule has 4 aromatic rings. The molecule has 1 aliphatic heterocycles. The summed E-state index contributed by atoms with van der Waals surface area (Å²) in [6, 6.07) is 14.0. The number of benzene rings is 3. The summed E-state index contributed by atoms with van der Waals surface area (Å²) in [5.41, 5.74) is -1.10. The topological polar surface area (TPSA) is 110 Å². The van der Waals surface area contributed by atoms with E-state index in [1.807, 2.05) is 4.90 Å². The molecule has 0 radical (unpaired) electrons. The van der Waals surface area contributed by atoms with Crippen molar-refractivity contribution in [1.29, 1.82) is 0 Å². The van der Waals surface area contributed by atoms with E-state index >= 15 is 0 Å². The van der Waals surface area contributed by atoms with Gasteiger partial charge in [-0.2, -0.15) is 23.0 Å². The zero-order valence-electron chi connectivity index (χ0n) is 24.6. The molecule has 2 heterocycles. The van der Waals surface area contributed by atoms with Crippen LogP contribution in [0.3, 0.4) is 0 Å². The van der Waals surface area contributed by atoms with Crippen molar-refractivity contribution in [3.8, 4) is 22.9 Å². The Morgan fingerprint density at radius 1 is 1.00 bits per heavy atom. The van der Waals surface area contributed by atoms with Gasteiger partial charge in [-0.05, 0) is 82.9 Å². The Morgan fingerprint density at radius 2 is 1.67 bits per heavy atom. The van der Waals surface area contributed by atoms with E-state index in [1.165, 1.54) is 17.0 Å². The Labute approximate surface area is 264 Å². The van der Waals surface area contributed by atoms with E-state index in [2.05, 4.69) is 26.0 Å². The minimum absolute atomic E-state index is 0.0651. The van der Waals surface area contributed by atoms with Crippen LogP contribution >= 0.6 is 15.9 Å². The molecular weight excluding hydrogens is 659 g/mol. The number of nitrogens with zero attached hydrogens (tertiary/aromatic N) is 4. The lowest BCUT2D eigenvalue weighted by Gasteiger charge is -2.34. The maximum Gasteiger partial charge on any atom is 0.416 e. The fourth-order valence-corrected chi connectivity index (χ4v) is 5.71. The van der Waals surface area contributed by atoms with E-state index in [1.54, 1.807) is 57.4 Å². The number of hydrogen-bond donors (Lipinski definition) is 1. The van der Waals surface area contributed by atoms with Gasteiger partial charge in [-0.3, -0.25) is 19.5 Å². The van der Waals surface area contributed by atoms with Gasteiger partial charge in [0, 0.05) is 32.7 Å². The predicted molar refractivity (Wildman–Crippen MR) is 163 cm³/mol. The largest absolute Gasteiger partial charge is 0.496 e. The van der Waals surface area contributed by atoms with Crippen LogP contribution in [0.25, 0.3) is 5.69 Å². The van der Waals surface area contributed by atoms with E-state index in [-0.39, 0.29) is 25.2 Å². The summed E-state index contributed by atoms with van der Waals surface area (Å²) in [6.45, 7) is 4.56. The number of halogens is 4. The third-order valence-corrected chi connectivity index (χ3v) is 8.06. The lowest BCUT2D eigenvalue weighted by atomic mass is 10.1. The van der Waals surface area contributed by atoms with Crippen molar-refractivity contribution in [2.45, 2.75) is 26.6 Å². The van der Waals surface area contributed by atoms with Crippen LogP contribution in [-0.4, -0.2) is 63.8 Å². The second kappa shape index (κ2) is 12.9. The maximum atomic E-state index is 13.4. The molecule has 1 fully saturated rings. The molecule has 1 aliphatic rings. The smallest absolute Gasteiger partial charge is 0.416 e. The normalized spacial score (nSPS) is 14.0. The third kappa shape index (κ3) is 6.96. The molecule has 10 nitrogen and oxygen atoms in total. The van der Waals surface area contributed by atoms with Crippen LogP contribution < -0.4 is 20.7 Å². The number of carbonyl (C=O) groups excluding carboxylic acids is 1. The number of hydrogen-bond acceptors (Lipinski definition) is 7. The summed E-state index contributed by atoms with van der Waals surface area (Å²) in [5.74, 6) is 1.08. The van der Waals surface area contributed by atoms with Gasteiger partial charge in [-0.25, -0.2) is 4.79 Å². The molecule has 5 rings (SSSR count). The van der Waals surface area contributed by atoms with Gasteiger partial charge in [0.25, 0.3) is 11.5 Å². The molecule has 0 unspecified atom stereocenters. The van der Waals surface area contributed by atoms with Crippen molar-refractivity contribution in [3.63, 3.8) is 0 Å². The second-order valence-corrected chi connectivity index (χ2v) is 11.4. The number of aromatic amines is 1. The average molecular weight is 689 g/mol. The standard InChI is InChI=1S/C31H29BrF3N5O5/c1-18-14-21(15-19(2)27(18)45-22-8-9-25(44-3)24(32)16-22)40-30(43)36-28(41)26(37-40)29(42)39-12-10-38(11-13-39)17-20-6-4-5-7-23(20)31(33,34)35/h4-9,14-16H,10-13,17H2,1-3H3,(H,36,41,43). The minimum atomic E-state index is -4.47. The number of aryl methyl sites for hydroxylation is 2. The van der Waals surface area contributed by atoms with Gasteiger partial charge in [0.2, 0.25) is 5.69 Å². The van der Waals surface area contributed by atoms with Crippen molar-refractivity contribution >= 4 is 21.8 Å². The summed E-state index contributed by atoms with van der Waals surface area (Å²) in [6.07, 6.45) is -4.47. The van der Waals surface area contributed by atoms with Gasteiger partial charge < -0.3 is 14.4 Å². The zero-order valence-corrected chi connectivity index (χ0v) is 26.2. The van der Waals surface area contributed by atoms with Crippen LogP contribution in [0.15, 0.2) is 68.7 Å². The number of methoxy groups -OCH3 is 1. The van der Waals surface area contributed by atoms with E-state index in [0.717, 1.165) is 10.7 Å². The molecule has 236 valence electrons. The van der Waals surface area contributed by atoms with Crippen molar-refractivity contribution in [3.05, 3.63) is 108 Å². The highest BCUT2D eigenvalue weighted by Crippen LogP contribution is 2.35. The number of ether oxygens (including phenoxy) is 2. The number of rotatable bonds is 7. The highest BCUT2D eigenvalue weighted by Gasteiger charge is 2.34. The third-order valence-electron chi connectivity index (χ3n) is 7.44. The zero-order chi connectivity index (χ0) is 32.5. The number of nitrogens with one attached hydrogen (secondary N) is 1. The van der Waals surface area contributed by atoms with Gasteiger partial charge in [0.05, 0.1) is 22.8 Å². The Bertz CT molecular complexity index is 1840. The molecule has 0 spiro atoms. The molecule has 1 saturated heterocycles. The van der Waals surface area contributed by atoms with Crippen molar-refractivity contribution in [1.82, 2.24) is 24.6 Å². The first-order chi connectivity index (χ1) is 21.3. The molecule has 0 aliphatic carbocycles. The first kappa shape index (κ1) is 32.0. The molecule has 45 heavy (non-hydrogen) atoms. The molecule has 0 atom stereocenters. The number of carbonyl (C=O) groups is 1. The van der Waals surface area contributed by atoms with Crippen LogP contribution in [0.2, 0.25) is 0 Å². The number of piperazine rings is 1. The second-order valence-electron chi connectivity index (χ2n) is 10.6. The first-order valence-electron chi connectivity index (χ1n) is 13.9. The summed E-state index contributed by atoms with van der Waals surface area (Å²) >= 11 is 3.43. The summed E-state index contributed by atoms with van der Waals surface area (Å²) in [7, 11) is 1.56. The quantitative estimate of drug-likeness (QED) is 0.289. The van der Waals surface area contributed by atoms with Crippen molar-refractivity contribution in [2.24, 2.45) is 0 Å². The number of H-pyrrole nitrogens is 1. The van der Waals surface area contributed by atoms with Gasteiger partial charge in [0.1, 0.15) is 17.2 Å². The molecule has 3 aromatic carbocycles. The Balaban J connectivity index is 1.33. The first-order valence-corrected chi connectivity index (χ1v) is 14.7. The van der Waals surface area contributed by atoms with Gasteiger partial charge in [0.15, 0.2) is 0 Å². The summed E-state index contributed by atoms with van der Waals surface area (Å²) in [4.78, 5) is 44.2. The van der Waals surface area contributed by atoms with E-state index in [4.69, 9.17) is 9.47 Å². The van der Waals surface area contributed by atoms with Crippen molar-refractivity contribution < 1.29 is 27.4 Å². The SMILES string of the molecule is COc1ccc(Oc2c(C)cc(-n3nc(C(=O)N4CCN(Cc5ccccc5C(F)(F)F)CC4)c(=O)[nH]c3=O)cc2C)cc1Br. The number of aromatic nitrogens is 3. The molecule has 1 amide bonds. The average Bonchev–Trinajstić information content (AvgIpc) is 2.99. The van der Waals surface area contributed by atoms with E-state index < -0.39 is 34.6 Å². The molecule has 0 saturated carbocycles. The Hall–Kier alpha value is -4.43. The van der Waals surface area contributed by atoms with E-state index in [9.17, 15) is 27.6 Å². The fraction of sp³-hybridized carbons (Fsp3) is 0.290. The van der Waals surface area contributed by atoms with Gasteiger partial charge >= 0.3 is 11.9 Å². The lowest BCUT2D eigenvalue weighted by Crippen LogP contribution is -2.50. The molecule has 1 aromatic heterocycles. The predicted octanol–water partition coefficient (Wildman–Crippen LogP) is 5.08. The summed E-state index contributed by atoms with van der Waals surface area (Å²) in [5, 5.41) is 4.14. The fourth-order valence-electron chi connectivity index (χ4n) is 5.19. The maximum absolute atomic E-state index is 13.4. The van der Waals surface area contributed by atoms with Gasteiger partial charge in [-0.1, -0.05) is 18.2 Å². The Morgan fingerprint density at radius 3 is 2.29 bits per heavy atom. The highest BCUT2D eigenvalue weighted by atomic mass is 79.9.